The molecule has 0 spiro atoms. The normalized spacial score (nSPS) is 25.1. The van der Waals surface area contributed by atoms with Crippen LogP contribution >= 0.6 is 0 Å². The molecule has 0 saturated carbocycles. The summed E-state index contributed by atoms with van der Waals surface area (Å²) >= 11 is 0. The summed E-state index contributed by atoms with van der Waals surface area (Å²) < 4.78 is 28.7. The van der Waals surface area contributed by atoms with Crippen molar-refractivity contribution in [3.05, 3.63) is 29.8 Å². The molecule has 1 aromatic rings. The Labute approximate surface area is 118 Å². The molecule has 2 rings (SSSR count). The maximum atomic E-state index is 11.7. The first kappa shape index (κ1) is 14.8. The van der Waals surface area contributed by atoms with Gasteiger partial charge in [0.05, 0.1) is 24.5 Å². The molecule has 20 heavy (non-hydrogen) atoms. The molecule has 1 aliphatic rings. The lowest BCUT2D eigenvalue weighted by Gasteiger charge is -2.28. The van der Waals surface area contributed by atoms with E-state index in [1.54, 1.807) is 13.2 Å². The molecule has 110 valence electrons. The number of methoxy groups -OCH3 is 1. The number of para-hydroxylation sites is 1. The lowest BCUT2D eigenvalue weighted by Crippen LogP contribution is -2.38. The van der Waals surface area contributed by atoms with Gasteiger partial charge in [0.1, 0.15) is 5.75 Å². The van der Waals surface area contributed by atoms with E-state index in [4.69, 9.17) is 4.74 Å². The van der Waals surface area contributed by atoms with E-state index >= 15 is 0 Å². The second-order valence-corrected chi connectivity index (χ2v) is 7.35. The number of benzene rings is 1. The van der Waals surface area contributed by atoms with Crippen LogP contribution in [0, 0.1) is 11.8 Å². The van der Waals surface area contributed by atoms with Crippen LogP contribution in [0.25, 0.3) is 0 Å². The van der Waals surface area contributed by atoms with Gasteiger partial charge in [0.25, 0.3) is 0 Å². The SMILES string of the molecule is COc1ccccc1CC1CS(=O)(=O)CCC1C(=O)O. The fourth-order valence-corrected chi connectivity index (χ4v) is 4.53. The highest BCUT2D eigenvalue weighted by Crippen LogP contribution is 2.31. The summed E-state index contributed by atoms with van der Waals surface area (Å²) in [5.74, 6) is -1.36. The van der Waals surface area contributed by atoms with Crippen LogP contribution < -0.4 is 4.74 Å². The lowest BCUT2D eigenvalue weighted by atomic mass is 9.86. The highest BCUT2D eigenvalue weighted by molar-refractivity contribution is 7.91. The van der Waals surface area contributed by atoms with Crippen molar-refractivity contribution >= 4 is 15.8 Å². The van der Waals surface area contributed by atoms with Crippen LogP contribution in [0.1, 0.15) is 12.0 Å². The van der Waals surface area contributed by atoms with Gasteiger partial charge in [0, 0.05) is 0 Å². The van der Waals surface area contributed by atoms with Crippen molar-refractivity contribution in [1.29, 1.82) is 0 Å². The molecule has 1 aliphatic heterocycles. The van der Waals surface area contributed by atoms with Crippen LogP contribution in [0.3, 0.4) is 0 Å². The number of hydrogen-bond acceptors (Lipinski definition) is 4. The molecule has 6 heteroatoms. The first-order valence-corrected chi connectivity index (χ1v) is 8.30. The molecular formula is C14H18O5S. The molecule has 2 unspecified atom stereocenters. The maximum absolute atomic E-state index is 11.7. The van der Waals surface area contributed by atoms with Crippen molar-refractivity contribution in [2.75, 3.05) is 18.6 Å². The summed E-state index contributed by atoms with van der Waals surface area (Å²) in [6, 6.07) is 7.31. The van der Waals surface area contributed by atoms with Crippen molar-refractivity contribution < 1.29 is 23.1 Å². The Morgan fingerprint density at radius 3 is 2.75 bits per heavy atom. The zero-order chi connectivity index (χ0) is 14.8. The van der Waals surface area contributed by atoms with E-state index in [1.165, 1.54) is 0 Å². The summed E-state index contributed by atoms with van der Waals surface area (Å²) in [6.07, 6.45) is 0.595. The predicted molar refractivity (Wildman–Crippen MR) is 74.6 cm³/mol. The van der Waals surface area contributed by atoms with E-state index in [0.717, 1.165) is 5.56 Å². The molecule has 1 N–H and O–H groups in total. The largest absolute Gasteiger partial charge is 0.496 e. The minimum atomic E-state index is -3.14. The average molecular weight is 298 g/mol. The molecule has 0 aromatic heterocycles. The summed E-state index contributed by atoms with van der Waals surface area (Å²) in [5, 5.41) is 9.26. The van der Waals surface area contributed by atoms with E-state index in [1.807, 2.05) is 18.2 Å². The quantitative estimate of drug-likeness (QED) is 0.908. The van der Waals surface area contributed by atoms with Crippen LogP contribution in [0.15, 0.2) is 24.3 Å². The molecule has 2 atom stereocenters. The van der Waals surface area contributed by atoms with Gasteiger partial charge in [-0.1, -0.05) is 18.2 Å². The third kappa shape index (κ3) is 3.30. The zero-order valence-electron chi connectivity index (χ0n) is 11.3. The summed E-state index contributed by atoms with van der Waals surface area (Å²) in [6.45, 7) is 0. The van der Waals surface area contributed by atoms with Crippen LogP contribution in [-0.4, -0.2) is 38.1 Å². The van der Waals surface area contributed by atoms with Crippen LogP contribution in [0.4, 0.5) is 0 Å². The van der Waals surface area contributed by atoms with Crippen molar-refractivity contribution in [2.45, 2.75) is 12.8 Å². The topological polar surface area (TPSA) is 80.7 Å². The monoisotopic (exact) mass is 298 g/mol. The average Bonchev–Trinajstić information content (AvgIpc) is 2.38. The molecule has 1 aromatic carbocycles. The fourth-order valence-electron chi connectivity index (χ4n) is 2.75. The third-order valence-corrected chi connectivity index (χ3v) is 5.56. The molecule has 0 bridgehead atoms. The Morgan fingerprint density at radius 2 is 2.10 bits per heavy atom. The van der Waals surface area contributed by atoms with Gasteiger partial charge in [-0.05, 0) is 30.4 Å². The summed E-state index contributed by atoms with van der Waals surface area (Å²) in [7, 11) is -1.60. The fraction of sp³-hybridized carbons (Fsp3) is 0.500. The number of aliphatic carboxylic acids is 1. The Morgan fingerprint density at radius 1 is 1.40 bits per heavy atom. The molecule has 0 aliphatic carbocycles. The number of ether oxygens (including phenoxy) is 1. The zero-order valence-corrected chi connectivity index (χ0v) is 12.1. The second-order valence-electron chi connectivity index (χ2n) is 5.12. The number of hydrogen-bond donors (Lipinski definition) is 1. The molecule has 0 radical (unpaired) electrons. The molecular weight excluding hydrogens is 280 g/mol. The maximum Gasteiger partial charge on any atom is 0.306 e. The van der Waals surface area contributed by atoms with Gasteiger partial charge in [-0.3, -0.25) is 4.79 Å². The minimum Gasteiger partial charge on any atom is -0.496 e. The van der Waals surface area contributed by atoms with E-state index in [-0.39, 0.29) is 17.9 Å². The smallest absolute Gasteiger partial charge is 0.306 e. The second kappa shape index (κ2) is 5.83. The Kier molecular flexibility index (Phi) is 4.32. The predicted octanol–water partition coefficient (Wildman–Crippen LogP) is 1.37. The Hall–Kier alpha value is -1.56. The minimum absolute atomic E-state index is 0.0353. The van der Waals surface area contributed by atoms with Gasteiger partial charge >= 0.3 is 5.97 Å². The molecule has 1 saturated heterocycles. The van der Waals surface area contributed by atoms with Gasteiger partial charge in [-0.2, -0.15) is 0 Å². The summed E-state index contributed by atoms with van der Waals surface area (Å²) in [5.41, 5.74) is 0.850. The number of sulfone groups is 1. The molecule has 0 amide bonds. The Bertz CT molecular complexity index is 593. The number of carboxylic acid groups (broad SMARTS) is 1. The number of carboxylic acids is 1. The van der Waals surface area contributed by atoms with E-state index in [0.29, 0.717) is 12.2 Å². The summed E-state index contributed by atoms with van der Waals surface area (Å²) in [4.78, 5) is 11.3. The van der Waals surface area contributed by atoms with Crippen molar-refractivity contribution in [2.24, 2.45) is 11.8 Å². The van der Waals surface area contributed by atoms with Crippen molar-refractivity contribution in [3.63, 3.8) is 0 Å². The number of carbonyl (C=O) groups is 1. The number of rotatable bonds is 4. The van der Waals surface area contributed by atoms with Gasteiger partial charge in [-0.15, -0.1) is 0 Å². The van der Waals surface area contributed by atoms with E-state index < -0.39 is 27.6 Å². The molecule has 1 fully saturated rings. The molecule has 1 heterocycles. The highest BCUT2D eigenvalue weighted by atomic mass is 32.2. The van der Waals surface area contributed by atoms with Crippen LogP contribution in [-0.2, 0) is 21.1 Å². The van der Waals surface area contributed by atoms with Crippen molar-refractivity contribution in [3.8, 4) is 5.75 Å². The molecule has 5 nitrogen and oxygen atoms in total. The highest BCUT2D eigenvalue weighted by Gasteiger charge is 2.37. The van der Waals surface area contributed by atoms with Crippen LogP contribution in [0.2, 0.25) is 0 Å². The standard InChI is InChI=1S/C14H18O5S/c1-19-13-5-3-2-4-10(13)8-11-9-20(17,18)7-6-12(11)14(15)16/h2-5,11-12H,6-9H2,1H3,(H,15,16). The van der Waals surface area contributed by atoms with Gasteiger partial charge < -0.3 is 9.84 Å². The first-order valence-electron chi connectivity index (χ1n) is 6.48. The van der Waals surface area contributed by atoms with Gasteiger partial charge in [0.15, 0.2) is 9.84 Å². The van der Waals surface area contributed by atoms with Crippen molar-refractivity contribution in [1.82, 2.24) is 0 Å². The van der Waals surface area contributed by atoms with Gasteiger partial charge in [-0.25, -0.2) is 8.42 Å². The van der Waals surface area contributed by atoms with Gasteiger partial charge in [0.2, 0.25) is 0 Å². The first-order chi connectivity index (χ1) is 9.43. The Balaban J connectivity index is 2.25. The van der Waals surface area contributed by atoms with E-state index in [9.17, 15) is 18.3 Å². The third-order valence-electron chi connectivity index (χ3n) is 3.77. The van der Waals surface area contributed by atoms with E-state index in [2.05, 4.69) is 0 Å². The lowest BCUT2D eigenvalue weighted by molar-refractivity contribution is -0.143. The van der Waals surface area contributed by atoms with Crippen LogP contribution in [0.5, 0.6) is 5.75 Å².